The molecule has 1 amide bonds. The van der Waals surface area contributed by atoms with Gasteiger partial charge in [0.1, 0.15) is 5.56 Å². The molecular weight excluding hydrogens is 650 g/mol. The minimum atomic E-state index is -1.04. The highest BCUT2D eigenvalue weighted by Crippen LogP contribution is 2.25. The summed E-state index contributed by atoms with van der Waals surface area (Å²) in [5.41, 5.74) is 7.62. The number of piperazine rings is 1. The van der Waals surface area contributed by atoms with E-state index in [4.69, 9.17) is 10.5 Å². The Morgan fingerprint density at radius 2 is 1.82 bits per heavy atom. The lowest BCUT2D eigenvalue weighted by Gasteiger charge is -2.34. The third-order valence-electron chi connectivity index (χ3n) is 7.93. The Hall–Kier alpha value is -6.23. The van der Waals surface area contributed by atoms with Gasteiger partial charge >= 0.3 is 0 Å². The molecule has 0 unspecified atom stereocenters. The molecule has 17 heteroatoms. The van der Waals surface area contributed by atoms with Crippen LogP contribution in [0.5, 0.6) is 5.75 Å². The van der Waals surface area contributed by atoms with Gasteiger partial charge in [-0.1, -0.05) is 12.1 Å². The van der Waals surface area contributed by atoms with Crippen LogP contribution in [0.15, 0.2) is 72.1 Å². The Kier molecular flexibility index (Phi) is 10.0. The van der Waals surface area contributed by atoms with Gasteiger partial charge in [0.2, 0.25) is 17.7 Å². The minimum Gasteiger partial charge on any atom is -0.491 e. The number of benzene rings is 2. The van der Waals surface area contributed by atoms with Gasteiger partial charge in [-0.15, -0.1) is 5.10 Å². The number of ether oxygens (including phenoxy) is 1. The third kappa shape index (κ3) is 7.73. The summed E-state index contributed by atoms with van der Waals surface area (Å²) in [7, 11) is 3.59. The number of hydrogen-bond donors (Lipinski definition) is 3. The van der Waals surface area contributed by atoms with Gasteiger partial charge < -0.3 is 30.9 Å². The molecule has 4 heterocycles. The molecule has 0 bridgehead atoms. The molecule has 1 fully saturated rings. The summed E-state index contributed by atoms with van der Waals surface area (Å²) in [6.45, 7) is 3.90. The SMILES string of the molecule is COc1cnc(/C=C/CNC(=O)c2cncn(Cc3ccc(F)c(F)c3)c2=O)nc1-n1nc(Nc2ccc(N3CCN(C)CC3)cc2)nc1N. The largest absolute Gasteiger partial charge is 0.491 e. The topological polar surface area (TPSA) is 174 Å². The first-order valence-corrected chi connectivity index (χ1v) is 15.6. The zero-order valence-corrected chi connectivity index (χ0v) is 27.3. The van der Waals surface area contributed by atoms with Crippen molar-refractivity contribution in [2.75, 3.05) is 62.8 Å². The van der Waals surface area contributed by atoms with Crippen molar-refractivity contribution in [3.8, 4) is 11.6 Å². The fourth-order valence-corrected chi connectivity index (χ4v) is 5.20. The second kappa shape index (κ2) is 14.9. The van der Waals surface area contributed by atoms with Crippen LogP contribution >= 0.6 is 0 Å². The number of methoxy groups -OCH3 is 1. The Bertz CT molecular complexity index is 2080. The number of nitrogens with two attached hydrogens (primary N) is 1. The van der Waals surface area contributed by atoms with Crippen LogP contribution in [-0.2, 0) is 6.54 Å². The molecule has 258 valence electrons. The number of rotatable bonds is 11. The number of halogens is 2. The van der Waals surface area contributed by atoms with Crippen molar-refractivity contribution in [1.29, 1.82) is 0 Å². The molecule has 50 heavy (non-hydrogen) atoms. The predicted octanol–water partition coefficient (Wildman–Crippen LogP) is 2.47. The molecule has 0 atom stereocenters. The zero-order chi connectivity index (χ0) is 35.2. The number of carbonyl (C=O) groups is 1. The van der Waals surface area contributed by atoms with Crippen molar-refractivity contribution >= 4 is 35.3 Å². The lowest BCUT2D eigenvalue weighted by Crippen LogP contribution is -2.44. The maximum absolute atomic E-state index is 13.6. The Labute approximate surface area is 285 Å². The summed E-state index contributed by atoms with van der Waals surface area (Å²) >= 11 is 0. The molecule has 5 aromatic rings. The monoisotopic (exact) mass is 684 g/mol. The van der Waals surface area contributed by atoms with Crippen LogP contribution < -0.4 is 31.6 Å². The van der Waals surface area contributed by atoms with E-state index in [1.165, 1.54) is 30.4 Å². The van der Waals surface area contributed by atoms with Crippen molar-refractivity contribution in [2.45, 2.75) is 6.54 Å². The van der Waals surface area contributed by atoms with Crippen LogP contribution in [0.2, 0.25) is 0 Å². The van der Waals surface area contributed by atoms with Gasteiger partial charge in [-0.2, -0.15) is 9.67 Å². The quantitative estimate of drug-likeness (QED) is 0.186. The van der Waals surface area contributed by atoms with Gasteiger partial charge in [0, 0.05) is 50.3 Å². The minimum absolute atomic E-state index is 0.0220. The summed E-state index contributed by atoms with van der Waals surface area (Å²) in [5.74, 6) is -1.59. The smallest absolute Gasteiger partial charge is 0.266 e. The number of aromatic nitrogens is 7. The standard InChI is InChI=1S/C33H34F2N12O3/c1-44-12-14-45(15-13-44)23-8-6-22(7-9-23)40-33-42-32(36)47(43-33)29-27(50-2)18-39-28(41-29)4-3-11-38-30(48)24-17-37-20-46(31(24)49)19-21-5-10-25(34)26(35)16-21/h3-10,16-18,20H,11-15,19H2,1-2H3,(H,38,48)(H3,36,40,42,43)/b4-3+. The highest BCUT2D eigenvalue weighted by atomic mass is 19.2. The highest BCUT2D eigenvalue weighted by molar-refractivity contribution is 5.93. The van der Waals surface area contributed by atoms with Crippen molar-refractivity contribution in [1.82, 2.24) is 44.5 Å². The molecule has 15 nitrogen and oxygen atoms in total. The number of nitrogens with zero attached hydrogens (tertiary/aromatic N) is 9. The second-order valence-corrected chi connectivity index (χ2v) is 11.4. The lowest BCUT2D eigenvalue weighted by molar-refractivity contribution is 0.0955. The molecule has 0 spiro atoms. The van der Waals surface area contributed by atoms with E-state index in [2.05, 4.69) is 64.6 Å². The summed E-state index contributed by atoms with van der Waals surface area (Å²) in [4.78, 5) is 47.4. The average molecular weight is 685 g/mol. The predicted molar refractivity (Wildman–Crippen MR) is 183 cm³/mol. The van der Waals surface area contributed by atoms with Crippen LogP contribution in [0.3, 0.4) is 0 Å². The van der Waals surface area contributed by atoms with Crippen LogP contribution in [0, 0.1) is 11.6 Å². The summed E-state index contributed by atoms with van der Waals surface area (Å²) in [6.07, 6.45) is 6.95. The van der Waals surface area contributed by atoms with Crippen LogP contribution in [0.25, 0.3) is 11.9 Å². The van der Waals surface area contributed by atoms with Crippen LogP contribution in [0.1, 0.15) is 21.7 Å². The first-order chi connectivity index (χ1) is 24.2. The number of carbonyl (C=O) groups excluding carboxylic acids is 1. The van der Waals surface area contributed by atoms with Gasteiger partial charge in [0.05, 0.1) is 26.2 Å². The fraction of sp³-hybridized carbons (Fsp3) is 0.242. The summed E-state index contributed by atoms with van der Waals surface area (Å²) in [6, 6.07) is 11.3. The zero-order valence-electron chi connectivity index (χ0n) is 27.3. The average Bonchev–Trinajstić information content (AvgIpc) is 3.48. The lowest BCUT2D eigenvalue weighted by atomic mass is 10.2. The summed E-state index contributed by atoms with van der Waals surface area (Å²) in [5, 5.41) is 10.3. The van der Waals surface area contributed by atoms with Gasteiger partial charge in [0.15, 0.2) is 23.2 Å². The van der Waals surface area contributed by atoms with Gasteiger partial charge in [-0.05, 0) is 55.1 Å². The maximum atomic E-state index is 13.6. The van der Waals surface area contributed by atoms with Crippen molar-refractivity contribution in [3.63, 3.8) is 0 Å². The van der Waals surface area contributed by atoms with Crippen LogP contribution in [-0.4, -0.2) is 92.0 Å². The number of nitrogens with one attached hydrogen (secondary N) is 2. The van der Waals surface area contributed by atoms with Crippen LogP contribution in [0.4, 0.5) is 32.1 Å². The number of amides is 1. The van der Waals surface area contributed by atoms with E-state index in [1.54, 1.807) is 12.2 Å². The van der Waals surface area contributed by atoms with E-state index in [1.807, 2.05) is 12.1 Å². The molecular formula is C33H34F2N12O3. The first-order valence-electron chi connectivity index (χ1n) is 15.6. The number of nitrogen functional groups attached to an aromatic ring is 1. The molecule has 1 aliphatic heterocycles. The molecule has 2 aromatic carbocycles. The third-order valence-corrected chi connectivity index (χ3v) is 7.93. The van der Waals surface area contributed by atoms with E-state index in [0.717, 1.165) is 60.5 Å². The van der Waals surface area contributed by atoms with Gasteiger partial charge in [0.25, 0.3) is 11.5 Å². The van der Waals surface area contributed by atoms with Gasteiger partial charge in [-0.3, -0.25) is 14.2 Å². The maximum Gasteiger partial charge on any atom is 0.266 e. The highest BCUT2D eigenvalue weighted by Gasteiger charge is 2.18. The van der Waals surface area contributed by atoms with Gasteiger partial charge in [-0.25, -0.2) is 23.7 Å². The molecule has 1 aliphatic rings. The Balaban J connectivity index is 1.09. The van der Waals surface area contributed by atoms with Crippen molar-refractivity contribution in [2.24, 2.45) is 0 Å². The molecule has 4 N–H and O–H groups in total. The number of likely N-dealkylation sites (N-methyl/N-ethyl adjacent to an activating group) is 1. The second-order valence-electron chi connectivity index (χ2n) is 11.4. The van der Waals surface area contributed by atoms with E-state index in [9.17, 15) is 18.4 Å². The normalized spacial score (nSPS) is 13.5. The van der Waals surface area contributed by atoms with E-state index >= 15 is 0 Å². The van der Waals surface area contributed by atoms with E-state index in [0.29, 0.717) is 11.3 Å². The molecule has 0 saturated carbocycles. The molecule has 3 aromatic heterocycles. The molecule has 0 radical (unpaired) electrons. The van der Waals surface area contributed by atoms with Crippen molar-refractivity contribution in [3.05, 3.63) is 106 Å². The molecule has 0 aliphatic carbocycles. The van der Waals surface area contributed by atoms with E-state index < -0.39 is 23.1 Å². The Morgan fingerprint density at radius 3 is 2.56 bits per heavy atom. The number of hydrogen-bond acceptors (Lipinski definition) is 12. The first kappa shape index (κ1) is 33.7. The van der Waals surface area contributed by atoms with Crippen molar-refractivity contribution < 1.29 is 18.3 Å². The Morgan fingerprint density at radius 1 is 1.04 bits per heavy atom. The molecule has 1 saturated heterocycles. The number of anilines is 4. The fourth-order valence-electron chi connectivity index (χ4n) is 5.20. The van der Waals surface area contributed by atoms with E-state index in [-0.39, 0.29) is 42.2 Å². The molecule has 6 rings (SSSR count). The summed E-state index contributed by atoms with van der Waals surface area (Å²) < 4.78 is 34.8.